The van der Waals surface area contributed by atoms with Crippen LogP contribution in [-0.4, -0.2) is 44.3 Å². The maximum Gasteiger partial charge on any atom is 0.242 e. The minimum atomic E-state index is -3.60. The van der Waals surface area contributed by atoms with Crippen molar-refractivity contribution in [1.29, 1.82) is 0 Å². The van der Waals surface area contributed by atoms with Gasteiger partial charge in [-0.15, -0.1) is 0 Å². The third-order valence-electron chi connectivity index (χ3n) is 2.94. The molecule has 0 radical (unpaired) electrons. The predicted molar refractivity (Wildman–Crippen MR) is 85.4 cm³/mol. The standard InChI is InChI=1S/C13H19N3O3S2/c1-15-13(17)7-8-16(2)21(18,19)11-5-3-10(4-6-11)9-12(14)20/h3-6H,7-9H2,1-2H3,(H2,14,20)(H,15,17). The van der Waals surface area contributed by atoms with E-state index < -0.39 is 10.0 Å². The van der Waals surface area contributed by atoms with Crippen LogP contribution in [0.5, 0.6) is 0 Å². The fourth-order valence-electron chi connectivity index (χ4n) is 1.66. The number of nitrogens with one attached hydrogen (secondary N) is 1. The lowest BCUT2D eigenvalue weighted by atomic mass is 10.1. The molecule has 0 fully saturated rings. The highest BCUT2D eigenvalue weighted by Crippen LogP contribution is 2.15. The predicted octanol–water partition coefficient (Wildman–Crippen LogP) is 0.272. The van der Waals surface area contributed by atoms with Gasteiger partial charge in [0, 0.05) is 33.5 Å². The van der Waals surface area contributed by atoms with Crippen molar-refractivity contribution in [2.75, 3.05) is 20.6 Å². The lowest BCUT2D eigenvalue weighted by molar-refractivity contribution is -0.120. The van der Waals surface area contributed by atoms with Crippen LogP contribution in [0.25, 0.3) is 0 Å². The van der Waals surface area contributed by atoms with Gasteiger partial charge in [-0.05, 0) is 17.7 Å². The van der Waals surface area contributed by atoms with E-state index >= 15 is 0 Å². The third kappa shape index (κ3) is 5.07. The van der Waals surface area contributed by atoms with Gasteiger partial charge < -0.3 is 11.1 Å². The minimum Gasteiger partial charge on any atom is -0.393 e. The molecule has 0 bridgehead atoms. The highest BCUT2D eigenvalue weighted by Gasteiger charge is 2.20. The molecular formula is C13H19N3O3S2. The topological polar surface area (TPSA) is 92.5 Å². The summed E-state index contributed by atoms with van der Waals surface area (Å²) in [6.07, 6.45) is 0.550. The van der Waals surface area contributed by atoms with Crippen molar-refractivity contribution < 1.29 is 13.2 Å². The Balaban J connectivity index is 2.82. The monoisotopic (exact) mass is 329 g/mol. The van der Waals surface area contributed by atoms with Crippen LogP contribution in [0, 0.1) is 0 Å². The van der Waals surface area contributed by atoms with Crippen LogP contribution in [0.1, 0.15) is 12.0 Å². The number of nitrogens with zero attached hydrogens (tertiary/aromatic N) is 1. The van der Waals surface area contributed by atoms with Crippen molar-refractivity contribution in [3.63, 3.8) is 0 Å². The van der Waals surface area contributed by atoms with E-state index in [0.29, 0.717) is 11.4 Å². The molecule has 0 spiro atoms. The molecule has 3 N–H and O–H groups in total. The van der Waals surface area contributed by atoms with E-state index in [4.69, 9.17) is 18.0 Å². The van der Waals surface area contributed by atoms with Crippen LogP contribution in [0.3, 0.4) is 0 Å². The van der Waals surface area contributed by atoms with Crippen LogP contribution < -0.4 is 11.1 Å². The number of rotatable bonds is 7. The highest BCUT2D eigenvalue weighted by molar-refractivity contribution is 7.89. The summed E-state index contributed by atoms with van der Waals surface area (Å²) < 4.78 is 25.8. The summed E-state index contributed by atoms with van der Waals surface area (Å²) >= 11 is 4.81. The smallest absolute Gasteiger partial charge is 0.242 e. The summed E-state index contributed by atoms with van der Waals surface area (Å²) in [5.41, 5.74) is 6.30. The van der Waals surface area contributed by atoms with Crippen LogP contribution in [0.4, 0.5) is 0 Å². The Morgan fingerprint density at radius 1 is 1.33 bits per heavy atom. The SMILES string of the molecule is CNC(=O)CCN(C)S(=O)(=O)c1ccc(CC(N)=S)cc1. The molecule has 0 unspecified atom stereocenters. The van der Waals surface area contributed by atoms with Gasteiger partial charge in [-0.25, -0.2) is 12.7 Å². The largest absolute Gasteiger partial charge is 0.393 e. The van der Waals surface area contributed by atoms with Crippen molar-refractivity contribution in [3.8, 4) is 0 Å². The van der Waals surface area contributed by atoms with E-state index in [1.54, 1.807) is 12.1 Å². The number of carbonyl (C=O) groups excluding carboxylic acids is 1. The number of nitrogens with two attached hydrogens (primary N) is 1. The fourth-order valence-corrected chi connectivity index (χ4v) is 3.00. The first kappa shape index (κ1) is 17.5. The number of thiocarbonyl (C=S) groups is 1. The zero-order valence-corrected chi connectivity index (χ0v) is 13.6. The average Bonchev–Trinajstić information content (AvgIpc) is 2.44. The summed E-state index contributed by atoms with van der Waals surface area (Å²) in [5, 5.41) is 2.45. The average molecular weight is 329 g/mol. The normalized spacial score (nSPS) is 11.4. The molecule has 6 nitrogen and oxygen atoms in total. The Morgan fingerprint density at radius 3 is 2.38 bits per heavy atom. The molecule has 8 heteroatoms. The van der Waals surface area contributed by atoms with Gasteiger partial charge in [0.1, 0.15) is 0 Å². The lowest BCUT2D eigenvalue weighted by Crippen LogP contribution is -2.31. The molecule has 1 rings (SSSR count). The zero-order chi connectivity index (χ0) is 16.0. The molecule has 0 heterocycles. The maximum absolute atomic E-state index is 12.3. The van der Waals surface area contributed by atoms with Gasteiger partial charge >= 0.3 is 0 Å². The lowest BCUT2D eigenvalue weighted by Gasteiger charge is -2.17. The summed E-state index contributed by atoms with van der Waals surface area (Å²) in [7, 11) is -0.642. The molecule has 0 saturated heterocycles. The Kier molecular flexibility index (Phi) is 6.25. The van der Waals surface area contributed by atoms with Crippen molar-refractivity contribution >= 4 is 33.1 Å². The van der Waals surface area contributed by atoms with Gasteiger partial charge in [-0.2, -0.15) is 0 Å². The molecule has 1 aromatic rings. The Labute approximate surface area is 130 Å². The van der Waals surface area contributed by atoms with Gasteiger partial charge in [-0.3, -0.25) is 4.79 Å². The summed E-state index contributed by atoms with van der Waals surface area (Å²) in [6.45, 7) is 0.122. The summed E-state index contributed by atoms with van der Waals surface area (Å²) in [6, 6.07) is 6.38. The second kappa shape index (κ2) is 7.48. The Bertz CT molecular complexity index is 612. The number of hydrogen-bond acceptors (Lipinski definition) is 4. The number of sulfonamides is 1. The first-order valence-electron chi connectivity index (χ1n) is 6.31. The fraction of sp³-hybridized carbons (Fsp3) is 0.385. The molecule has 0 atom stereocenters. The Hall–Kier alpha value is -1.51. The summed E-state index contributed by atoms with van der Waals surface area (Å²) in [4.78, 5) is 11.7. The minimum absolute atomic E-state index is 0.117. The molecule has 0 aromatic heterocycles. The second-order valence-corrected chi connectivity index (χ2v) is 7.11. The van der Waals surface area contributed by atoms with Gasteiger partial charge in [0.25, 0.3) is 0 Å². The first-order valence-corrected chi connectivity index (χ1v) is 8.16. The second-order valence-electron chi connectivity index (χ2n) is 4.54. The van der Waals surface area contributed by atoms with Crippen LogP contribution in [0.15, 0.2) is 29.2 Å². The van der Waals surface area contributed by atoms with Gasteiger partial charge in [0.15, 0.2) is 0 Å². The molecule has 0 aliphatic rings. The molecule has 0 saturated carbocycles. The van der Waals surface area contributed by atoms with E-state index in [1.807, 2.05) is 0 Å². The molecule has 1 amide bonds. The molecule has 116 valence electrons. The molecule has 0 aliphatic heterocycles. The quantitative estimate of drug-likeness (QED) is 0.701. The molecular weight excluding hydrogens is 310 g/mol. The van der Waals surface area contributed by atoms with Crippen LogP contribution >= 0.6 is 12.2 Å². The molecule has 1 aromatic carbocycles. The molecule has 0 aliphatic carbocycles. The van der Waals surface area contributed by atoms with Gasteiger partial charge in [0.05, 0.1) is 9.88 Å². The summed E-state index contributed by atoms with van der Waals surface area (Å²) in [5.74, 6) is -0.205. The van der Waals surface area contributed by atoms with E-state index in [9.17, 15) is 13.2 Å². The van der Waals surface area contributed by atoms with E-state index in [0.717, 1.165) is 9.87 Å². The van der Waals surface area contributed by atoms with Crippen molar-refractivity contribution in [2.45, 2.75) is 17.7 Å². The van der Waals surface area contributed by atoms with Crippen molar-refractivity contribution in [1.82, 2.24) is 9.62 Å². The number of benzene rings is 1. The third-order valence-corrected chi connectivity index (χ3v) is 4.96. The first-order chi connectivity index (χ1) is 9.77. The van der Waals surface area contributed by atoms with E-state index in [-0.39, 0.29) is 23.8 Å². The number of hydrogen-bond donors (Lipinski definition) is 2. The Morgan fingerprint density at radius 2 is 1.90 bits per heavy atom. The molecule has 21 heavy (non-hydrogen) atoms. The van der Waals surface area contributed by atoms with Gasteiger partial charge in [-0.1, -0.05) is 24.4 Å². The van der Waals surface area contributed by atoms with E-state index in [2.05, 4.69) is 5.32 Å². The van der Waals surface area contributed by atoms with Crippen LogP contribution in [-0.2, 0) is 21.2 Å². The van der Waals surface area contributed by atoms with Crippen molar-refractivity contribution in [2.24, 2.45) is 5.73 Å². The van der Waals surface area contributed by atoms with Gasteiger partial charge in [0.2, 0.25) is 15.9 Å². The maximum atomic E-state index is 12.3. The zero-order valence-electron chi connectivity index (χ0n) is 12.0. The van der Waals surface area contributed by atoms with Crippen LogP contribution in [0.2, 0.25) is 0 Å². The highest BCUT2D eigenvalue weighted by atomic mass is 32.2. The van der Waals surface area contributed by atoms with Crippen molar-refractivity contribution in [3.05, 3.63) is 29.8 Å². The number of amides is 1. The number of carbonyl (C=O) groups is 1. The van der Waals surface area contributed by atoms with E-state index in [1.165, 1.54) is 26.2 Å².